The van der Waals surface area contributed by atoms with Crippen LogP contribution in [0, 0.1) is 0 Å². The molecule has 7 heteroatoms. The Labute approximate surface area is 146 Å². The smallest absolute Gasteiger partial charge is 0.190 e. The average molecular weight is 353 g/mol. The number of hydrogen-bond acceptors (Lipinski definition) is 7. The molecule has 132 valence electrons. The molecule has 0 aromatic carbocycles. The van der Waals surface area contributed by atoms with Gasteiger partial charge in [0.05, 0.1) is 11.1 Å². The van der Waals surface area contributed by atoms with E-state index in [1.165, 1.54) is 0 Å². The van der Waals surface area contributed by atoms with E-state index in [2.05, 4.69) is 4.98 Å². The molecule has 0 spiro atoms. The Balaban J connectivity index is 1.52. The Bertz CT molecular complexity index is 596. The molecule has 1 aromatic heterocycles. The Morgan fingerprint density at radius 1 is 0.958 bits per heavy atom. The Morgan fingerprint density at radius 2 is 1.67 bits per heavy atom. The maximum Gasteiger partial charge on any atom is 0.190 e. The highest BCUT2D eigenvalue weighted by Crippen LogP contribution is 2.44. The van der Waals surface area contributed by atoms with Gasteiger partial charge in [-0.1, -0.05) is 6.07 Å². The summed E-state index contributed by atoms with van der Waals surface area (Å²) in [5, 5.41) is 0.960. The molecule has 0 amide bonds. The molecule has 0 radical (unpaired) electrons. The van der Waals surface area contributed by atoms with E-state index in [0.717, 1.165) is 5.03 Å². The number of pyridine rings is 1. The fourth-order valence-corrected chi connectivity index (χ4v) is 4.34. The molecule has 3 fully saturated rings. The zero-order valence-corrected chi connectivity index (χ0v) is 15.1. The molecular formula is C17H23NO5S. The summed E-state index contributed by atoms with van der Waals surface area (Å²) in [5.41, 5.74) is 0. The quantitative estimate of drug-likeness (QED) is 0.774. The van der Waals surface area contributed by atoms with E-state index in [9.17, 15) is 0 Å². The molecule has 0 unspecified atom stereocenters. The van der Waals surface area contributed by atoms with Crippen LogP contribution in [0.3, 0.4) is 0 Å². The highest BCUT2D eigenvalue weighted by atomic mass is 32.2. The first-order chi connectivity index (χ1) is 11.3. The number of hydrogen-bond donors (Lipinski definition) is 0. The number of nitrogens with zero attached hydrogens (tertiary/aromatic N) is 1. The van der Waals surface area contributed by atoms with Gasteiger partial charge in [-0.2, -0.15) is 0 Å². The van der Waals surface area contributed by atoms with Gasteiger partial charge in [0.25, 0.3) is 0 Å². The van der Waals surface area contributed by atoms with Crippen LogP contribution in [-0.2, 0) is 23.7 Å². The third-order valence-corrected chi connectivity index (χ3v) is 5.32. The van der Waals surface area contributed by atoms with Crippen LogP contribution in [0.25, 0.3) is 0 Å². The lowest BCUT2D eigenvalue weighted by Crippen LogP contribution is -2.55. The van der Waals surface area contributed by atoms with Crippen LogP contribution in [0.2, 0.25) is 0 Å². The number of fused-ring (bicyclic) bond motifs is 3. The molecular weight excluding hydrogens is 330 g/mol. The van der Waals surface area contributed by atoms with Crippen molar-refractivity contribution in [2.24, 2.45) is 0 Å². The minimum Gasteiger partial charge on any atom is -0.343 e. The van der Waals surface area contributed by atoms with Crippen LogP contribution < -0.4 is 0 Å². The van der Waals surface area contributed by atoms with Crippen molar-refractivity contribution in [3.05, 3.63) is 24.4 Å². The second kappa shape index (κ2) is 5.93. The second-order valence-corrected chi connectivity index (χ2v) is 8.23. The van der Waals surface area contributed by atoms with Gasteiger partial charge in [0.1, 0.15) is 18.3 Å². The van der Waals surface area contributed by atoms with Crippen LogP contribution in [0.15, 0.2) is 29.4 Å². The van der Waals surface area contributed by atoms with E-state index in [1.54, 1.807) is 18.0 Å². The van der Waals surface area contributed by atoms with Crippen molar-refractivity contribution in [1.29, 1.82) is 0 Å². The van der Waals surface area contributed by atoms with E-state index < -0.39 is 17.9 Å². The topological polar surface area (TPSA) is 59.0 Å². The number of aromatic nitrogens is 1. The van der Waals surface area contributed by atoms with Crippen LogP contribution >= 0.6 is 11.8 Å². The van der Waals surface area contributed by atoms with E-state index >= 15 is 0 Å². The second-order valence-electron chi connectivity index (χ2n) is 7.19. The van der Waals surface area contributed by atoms with Crippen molar-refractivity contribution < 1.29 is 23.7 Å². The fraction of sp³-hybridized carbons (Fsp3) is 0.706. The largest absolute Gasteiger partial charge is 0.343 e. The SMILES string of the molecule is CC1(C)O[C@H]2[C@@H](O1)[C@H](CSc1ccccn1)O[C@@H]1OC(C)(C)O[C@@H]12. The molecule has 4 rings (SSSR count). The average Bonchev–Trinajstić information content (AvgIpc) is 3.00. The van der Waals surface area contributed by atoms with Crippen LogP contribution in [-0.4, -0.2) is 53.0 Å². The van der Waals surface area contributed by atoms with Crippen LogP contribution in [0.4, 0.5) is 0 Å². The lowest BCUT2D eigenvalue weighted by Gasteiger charge is -2.37. The standard InChI is InChI=1S/C17H23NO5S/c1-16(2)20-12-10(9-24-11-7-5-6-8-18-11)19-15-14(13(12)21-16)22-17(3,4)23-15/h5-8,10,12-15H,9H2,1-4H3/t10-,12-,13-,14+,15+/m0/s1. The number of ether oxygens (including phenoxy) is 5. The Hall–Kier alpha value is -0.700. The predicted molar refractivity (Wildman–Crippen MR) is 87.5 cm³/mol. The normalized spacial score (nSPS) is 39.4. The molecule has 0 aliphatic carbocycles. The van der Waals surface area contributed by atoms with E-state index in [-0.39, 0.29) is 24.4 Å². The molecule has 24 heavy (non-hydrogen) atoms. The van der Waals surface area contributed by atoms with Crippen molar-refractivity contribution in [2.75, 3.05) is 5.75 Å². The van der Waals surface area contributed by atoms with Crippen molar-refractivity contribution >= 4 is 11.8 Å². The van der Waals surface area contributed by atoms with Gasteiger partial charge in [0.15, 0.2) is 17.9 Å². The molecule has 3 saturated heterocycles. The van der Waals surface area contributed by atoms with Gasteiger partial charge in [-0.25, -0.2) is 4.98 Å². The van der Waals surface area contributed by atoms with Gasteiger partial charge in [0.2, 0.25) is 0 Å². The fourth-order valence-electron chi connectivity index (χ4n) is 3.43. The molecule has 5 atom stereocenters. The summed E-state index contributed by atoms with van der Waals surface area (Å²) in [5.74, 6) is -0.624. The monoisotopic (exact) mass is 353 g/mol. The van der Waals surface area contributed by atoms with E-state index in [0.29, 0.717) is 5.75 Å². The summed E-state index contributed by atoms with van der Waals surface area (Å²) in [6, 6.07) is 5.87. The molecule has 0 N–H and O–H groups in total. The van der Waals surface area contributed by atoms with Crippen LogP contribution in [0.1, 0.15) is 27.7 Å². The first-order valence-electron chi connectivity index (χ1n) is 8.24. The third kappa shape index (κ3) is 3.21. The van der Waals surface area contributed by atoms with Gasteiger partial charge in [-0.3, -0.25) is 0 Å². The number of rotatable bonds is 3. The molecule has 6 nitrogen and oxygen atoms in total. The number of thioether (sulfide) groups is 1. The summed E-state index contributed by atoms with van der Waals surface area (Å²) >= 11 is 1.64. The minimum atomic E-state index is -0.682. The van der Waals surface area contributed by atoms with Crippen molar-refractivity contribution in [3.8, 4) is 0 Å². The Kier molecular flexibility index (Phi) is 4.14. The highest BCUT2D eigenvalue weighted by Gasteiger charge is 2.60. The third-order valence-electron chi connectivity index (χ3n) is 4.28. The van der Waals surface area contributed by atoms with Gasteiger partial charge < -0.3 is 23.7 Å². The van der Waals surface area contributed by atoms with Crippen molar-refractivity contribution in [2.45, 2.75) is 75.0 Å². The maximum absolute atomic E-state index is 6.17. The molecule has 1 aromatic rings. The van der Waals surface area contributed by atoms with Gasteiger partial charge >= 0.3 is 0 Å². The minimum absolute atomic E-state index is 0.150. The zero-order valence-electron chi connectivity index (χ0n) is 14.3. The van der Waals surface area contributed by atoms with Crippen molar-refractivity contribution in [3.63, 3.8) is 0 Å². The van der Waals surface area contributed by atoms with Crippen LogP contribution in [0.5, 0.6) is 0 Å². The molecule has 3 aliphatic heterocycles. The lowest BCUT2D eigenvalue weighted by molar-refractivity contribution is -0.228. The lowest BCUT2D eigenvalue weighted by atomic mass is 10.00. The summed E-state index contributed by atoms with van der Waals surface area (Å²) < 4.78 is 30.3. The zero-order chi connectivity index (χ0) is 16.9. The summed E-state index contributed by atoms with van der Waals surface area (Å²) in [4.78, 5) is 4.35. The first kappa shape index (κ1) is 16.8. The molecule has 0 saturated carbocycles. The predicted octanol–water partition coefficient (Wildman–Crippen LogP) is 2.57. The summed E-state index contributed by atoms with van der Waals surface area (Å²) in [6.07, 6.45) is 0.542. The maximum atomic E-state index is 6.17. The van der Waals surface area contributed by atoms with E-state index in [4.69, 9.17) is 23.7 Å². The molecule has 0 bridgehead atoms. The van der Waals surface area contributed by atoms with Gasteiger partial charge in [-0.05, 0) is 39.8 Å². The summed E-state index contributed by atoms with van der Waals surface area (Å²) in [7, 11) is 0. The molecule has 3 aliphatic rings. The van der Waals surface area contributed by atoms with Crippen molar-refractivity contribution in [1.82, 2.24) is 4.98 Å². The van der Waals surface area contributed by atoms with E-state index in [1.807, 2.05) is 45.9 Å². The first-order valence-corrected chi connectivity index (χ1v) is 9.22. The van der Waals surface area contributed by atoms with Gasteiger partial charge in [-0.15, -0.1) is 11.8 Å². The molecule has 4 heterocycles. The van der Waals surface area contributed by atoms with Gasteiger partial charge in [0, 0.05) is 11.9 Å². The summed E-state index contributed by atoms with van der Waals surface area (Å²) in [6.45, 7) is 7.62. The Morgan fingerprint density at radius 3 is 2.42 bits per heavy atom. The highest BCUT2D eigenvalue weighted by molar-refractivity contribution is 7.99.